The molecule has 0 fully saturated rings. The zero-order valence-corrected chi connectivity index (χ0v) is 24.4. The second-order valence-electron chi connectivity index (χ2n) is 8.39. The Hall–Kier alpha value is -4.24. The molecule has 0 aliphatic heterocycles. The number of para-hydroxylation sites is 2. The number of esters is 2. The smallest absolute Gasteiger partial charge is 0.460 e. The van der Waals surface area contributed by atoms with E-state index in [4.69, 9.17) is 9.05 Å². The third-order valence-corrected chi connectivity index (χ3v) is 7.21. The van der Waals surface area contributed by atoms with E-state index in [1.165, 1.54) is 50.2 Å². The summed E-state index contributed by atoms with van der Waals surface area (Å²) < 4.78 is 20.0. The average molecular weight is 597 g/mol. The van der Waals surface area contributed by atoms with Crippen molar-refractivity contribution in [2.24, 2.45) is 0 Å². The van der Waals surface area contributed by atoms with E-state index >= 15 is 0 Å². The van der Waals surface area contributed by atoms with E-state index in [9.17, 15) is 24.7 Å². The summed E-state index contributed by atoms with van der Waals surface area (Å²) in [6, 6.07) is 24.0. The van der Waals surface area contributed by atoms with Gasteiger partial charge in [-0.05, 0) is 73.5 Å². The molecule has 9 nitrogen and oxygen atoms in total. The Morgan fingerprint density at radius 1 is 0.659 bits per heavy atom. The number of carbonyl (C=O) groups excluding carboxylic acids is 2. The quantitative estimate of drug-likeness (QED) is 0.147. The number of phenols is 2. The SMILES string of the molecule is COC(=O)c1cc(Sc2ccc(O)c(C(=O)OC)c2)ccc1O.Cc1ccccc1OP(O)Oc1ccccc1C. The first-order valence-electron chi connectivity index (χ1n) is 12.1. The highest BCUT2D eigenvalue weighted by molar-refractivity contribution is 7.99. The molecule has 214 valence electrons. The Morgan fingerprint density at radius 2 is 1.05 bits per heavy atom. The predicted molar refractivity (Wildman–Crippen MR) is 156 cm³/mol. The number of benzene rings is 4. The van der Waals surface area contributed by atoms with Crippen molar-refractivity contribution in [1.82, 2.24) is 0 Å². The summed E-state index contributed by atoms with van der Waals surface area (Å²) in [7, 11) is 0.487. The molecule has 0 unspecified atom stereocenters. The van der Waals surface area contributed by atoms with Crippen molar-refractivity contribution in [2.75, 3.05) is 14.2 Å². The molecule has 0 bridgehead atoms. The number of hydrogen-bond acceptors (Lipinski definition) is 10. The molecule has 4 aromatic rings. The van der Waals surface area contributed by atoms with E-state index in [1.807, 2.05) is 62.4 Å². The van der Waals surface area contributed by atoms with Gasteiger partial charge in [-0.1, -0.05) is 48.2 Å². The van der Waals surface area contributed by atoms with Gasteiger partial charge in [0.1, 0.15) is 34.1 Å². The molecule has 0 aliphatic rings. The number of aryl methyl sites for hydroxylation is 2. The van der Waals surface area contributed by atoms with Gasteiger partial charge in [-0.2, -0.15) is 0 Å². The molecule has 0 radical (unpaired) electrons. The van der Waals surface area contributed by atoms with Gasteiger partial charge in [0.2, 0.25) is 0 Å². The second-order valence-corrected chi connectivity index (χ2v) is 10.4. The summed E-state index contributed by atoms with van der Waals surface area (Å²) in [6.07, 6.45) is 0. The maximum Gasteiger partial charge on any atom is 0.460 e. The number of rotatable bonds is 8. The fourth-order valence-corrected chi connectivity index (χ4v) is 5.03. The molecule has 4 rings (SSSR count). The summed E-state index contributed by atoms with van der Waals surface area (Å²) in [6.45, 7) is 3.85. The number of hydrogen-bond donors (Lipinski definition) is 3. The highest BCUT2D eigenvalue weighted by Crippen LogP contribution is 2.38. The van der Waals surface area contributed by atoms with Crippen LogP contribution in [0.5, 0.6) is 23.0 Å². The van der Waals surface area contributed by atoms with Gasteiger partial charge in [0.15, 0.2) is 0 Å². The molecule has 4 aromatic carbocycles. The number of methoxy groups -OCH3 is 2. The van der Waals surface area contributed by atoms with Crippen LogP contribution in [0.4, 0.5) is 0 Å². The van der Waals surface area contributed by atoms with E-state index in [2.05, 4.69) is 9.47 Å². The highest BCUT2D eigenvalue weighted by Gasteiger charge is 2.16. The standard InChI is InChI=1S/C16H14O6S.C14H15O3P/c1-21-15(19)11-7-9(3-5-13(11)17)23-10-4-6-14(18)12(8-10)16(20)22-2;1-11-7-3-5-9-13(11)16-18(15)17-14-10-6-4-8-12(14)2/h3-8,17-18H,1-2H3;3-10,15H,1-2H3. The largest absolute Gasteiger partial charge is 0.507 e. The lowest BCUT2D eigenvalue weighted by Crippen LogP contribution is -2.02. The lowest BCUT2D eigenvalue weighted by molar-refractivity contribution is 0.0588. The van der Waals surface area contributed by atoms with Gasteiger partial charge in [-0.3, -0.25) is 0 Å². The van der Waals surface area contributed by atoms with Crippen LogP contribution < -0.4 is 9.05 Å². The molecule has 0 aliphatic carbocycles. The van der Waals surface area contributed by atoms with Gasteiger partial charge in [-0.25, -0.2) is 9.59 Å². The first-order chi connectivity index (χ1) is 19.6. The molecule has 0 aromatic heterocycles. The van der Waals surface area contributed by atoms with Crippen molar-refractivity contribution < 1.29 is 43.2 Å². The van der Waals surface area contributed by atoms with Crippen molar-refractivity contribution in [1.29, 1.82) is 0 Å². The molecule has 41 heavy (non-hydrogen) atoms. The number of phenolic OH excluding ortho intramolecular Hbond substituents is 2. The summed E-state index contributed by atoms with van der Waals surface area (Å²) >= 11 is 1.25. The van der Waals surface area contributed by atoms with Crippen molar-refractivity contribution >= 4 is 32.3 Å². The Labute approximate surface area is 243 Å². The van der Waals surface area contributed by atoms with E-state index in [0.29, 0.717) is 21.3 Å². The molecule has 0 heterocycles. The average Bonchev–Trinajstić information content (AvgIpc) is 2.97. The van der Waals surface area contributed by atoms with Gasteiger partial charge >= 0.3 is 20.5 Å². The molecule has 3 N–H and O–H groups in total. The highest BCUT2D eigenvalue weighted by atomic mass is 32.2. The van der Waals surface area contributed by atoms with E-state index in [1.54, 1.807) is 12.1 Å². The van der Waals surface area contributed by atoms with Gasteiger partial charge < -0.3 is 33.6 Å². The van der Waals surface area contributed by atoms with Crippen molar-refractivity contribution in [3.8, 4) is 23.0 Å². The minimum atomic E-state index is -1.97. The first kappa shape index (κ1) is 31.3. The Morgan fingerprint density at radius 3 is 1.41 bits per heavy atom. The van der Waals surface area contributed by atoms with Crippen LogP contribution in [-0.4, -0.2) is 41.3 Å². The number of carbonyl (C=O) groups is 2. The van der Waals surface area contributed by atoms with E-state index in [-0.39, 0.29) is 22.6 Å². The van der Waals surface area contributed by atoms with Crippen molar-refractivity contribution in [3.05, 3.63) is 107 Å². The molecule has 0 saturated heterocycles. The molecular formula is C30H29O9PS. The first-order valence-corrected chi connectivity index (χ1v) is 14.0. The Balaban J connectivity index is 0.000000232. The Bertz CT molecular complexity index is 1400. The second kappa shape index (κ2) is 14.9. The summed E-state index contributed by atoms with van der Waals surface area (Å²) in [4.78, 5) is 34.3. The van der Waals surface area contributed by atoms with Crippen LogP contribution in [0.2, 0.25) is 0 Å². The van der Waals surface area contributed by atoms with Crippen LogP contribution in [-0.2, 0) is 9.47 Å². The third kappa shape index (κ3) is 8.88. The monoisotopic (exact) mass is 596 g/mol. The van der Waals surface area contributed by atoms with Crippen molar-refractivity contribution in [2.45, 2.75) is 23.6 Å². The minimum Gasteiger partial charge on any atom is -0.507 e. The number of ether oxygens (including phenoxy) is 2. The lowest BCUT2D eigenvalue weighted by Gasteiger charge is -2.14. The van der Waals surface area contributed by atoms with Crippen LogP contribution in [0, 0.1) is 13.8 Å². The van der Waals surface area contributed by atoms with Crippen LogP contribution in [0.1, 0.15) is 31.8 Å². The van der Waals surface area contributed by atoms with Crippen molar-refractivity contribution in [3.63, 3.8) is 0 Å². The summed E-state index contributed by atoms with van der Waals surface area (Å²) in [5.74, 6) is -0.375. The van der Waals surface area contributed by atoms with Gasteiger partial charge in [0.05, 0.1) is 14.2 Å². The maximum absolute atomic E-state index is 11.6. The predicted octanol–water partition coefficient (Wildman–Crippen LogP) is 6.80. The molecule has 0 atom stereocenters. The molecule has 0 amide bonds. The van der Waals surface area contributed by atoms with Crippen LogP contribution in [0.15, 0.2) is 94.7 Å². The minimum absolute atomic E-state index is 0.0458. The Kier molecular flexibility index (Phi) is 11.4. The number of aromatic hydroxyl groups is 2. The van der Waals surface area contributed by atoms with Crippen LogP contribution >= 0.6 is 20.4 Å². The van der Waals surface area contributed by atoms with E-state index in [0.717, 1.165) is 11.1 Å². The normalized spacial score (nSPS) is 10.3. The molecule has 0 spiro atoms. The van der Waals surface area contributed by atoms with Crippen LogP contribution in [0.3, 0.4) is 0 Å². The maximum atomic E-state index is 11.6. The zero-order valence-electron chi connectivity index (χ0n) is 22.7. The topological polar surface area (TPSA) is 132 Å². The van der Waals surface area contributed by atoms with Gasteiger partial charge in [0, 0.05) is 9.79 Å². The summed E-state index contributed by atoms with van der Waals surface area (Å²) in [5.41, 5.74) is 2.02. The van der Waals surface area contributed by atoms with Gasteiger partial charge in [-0.15, -0.1) is 0 Å². The van der Waals surface area contributed by atoms with Crippen LogP contribution in [0.25, 0.3) is 0 Å². The fraction of sp³-hybridized carbons (Fsp3) is 0.133. The fourth-order valence-electron chi connectivity index (χ4n) is 3.34. The van der Waals surface area contributed by atoms with Gasteiger partial charge in [0.25, 0.3) is 0 Å². The third-order valence-electron chi connectivity index (χ3n) is 5.52. The molecular weight excluding hydrogens is 567 g/mol. The lowest BCUT2D eigenvalue weighted by atomic mass is 10.2. The zero-order chi connectivity index (χ0) is 29.9. The van der Waals surface area contributed by atoms with E-state index < -0.39 is 20.5 Å². The molecule has 11 heteroatoms. The molecule has 0 saturated carbocycles. The summed E-state index contributed by atoms with van der Waals surface area (Å²) in [5, 5.41) is 19.4.